The van der Waals surface area contributed by atoms with E-state index in [4.69, 9.17) is 0 Å². The molecule has 1 aliphatic rings. The SMILES string of the molecule is CS(=O)(=O)N1CCC[C@@H](C(=O)Nc2ccon2)C1. The maximum absolute atomic E-state index is 11.9. The Kier molecular flexibility index (Phi) is 3.67. The van der Waals surface area contributed by atoms with Crippen molar-refractivity contribution in [2.24, 2.45) is 5.92 Å². The standard InChI is InChI=1S/C10H15N3O4S/c1-18(15,16)13-5-2-3-8(7-13)10(14)11-9-4-6-17-12-9/h4,6,8H,2-3,5,7H2,1H3,(H,11,12,14)/t8-/m1/s1. The minimum absolute atomic E-state index is 0.225. The van der Waals surface area contributed by atoms with Gasteiger partial charge < -0.3 is 9.84 Å². The lowest BCUT2D eigenvalue weighted by Gasteiger charge is -2.29. The Labute approximate surface area is 105 Å². The average Bonchev–Trinajstić information content (AvgIpc) is 2.81. The number of carbonyl (C=O) groups is 1. The van der Waals surface area contributed by atoms with Crippen LogP contribution in [-0.2, 0) is 14.8 Å². The van der Waals surface area contributed by atoms with E-state index in [-0.39, 0.29) is 18.4 Å². The number of aromatic nitrogens is 1. The van der Waals surface area contributed by atoms with Crippen LogP contribution in [0, 0.1) is 5.92 Å². The first-order valence-corrected chi connectivity index (χ1v) is 7.48. The molecule has 1 atom stereocenters. The van der Waals surface area contributed by atoms with Crippen molar-refractivity contribution in [1.29, 1.82) is 0 Å². The number of sulfonamides is 1. The Morgan fingerprint density at radius 2 is 2.39 bits per heavy atom. The van der Waals surface area contributed by atoms with Crippen molar-refractivity contribution in [3.05, 3.63) is 12.3 Å². The fraction of sp³-hybridized carbons (Fsp3) is 0.600. The monoisotopic (exact) mass is 273 g/mol. The van der Waals surface area contributed by atoms with E-state index in [1.165, 1.54) is 16.6 Å². The van der Waals surface area contributed by atoms with Crippen molar-refractivity contribution in [1.82, 2.24) is 9.46 Å². The Morgan fingerprint density at radius 3 is 3.00 bits per heavy atom. The third-order valence-corrected chi connectivity index (χ3v) is 4.18. The van der Waals surface area contributed by atoms with Gasteiger partial charge in [-0.15, -0.1) is 0 Å². The van der Waals surface area contributed by atoms with Gasteiger partial charge in [0, 0.05) is 19.2 Å². The summed E-state index contributed by atoms with van der Waals surface area (Å²) in [7, 11) is -3.24. The summed E-state index contributed by atoms with van der Waals surface area (Å²) in [6, 6.07) is 1.54. The van der Waals surface area contributed by atoms with Gasteiger partial charge >= 0.3 is 0 Å². The van der Waals surface area contributed by atoms with Crippen molar-refractivity contribution in [2.45, 2.75) is 12.8 Å². The summed E-state index contributed by atoms with van der Waals surface area (Å²) in [5.74, 6) is -0.223. The lowest BCUT2D eigenvalue weighted by molar-refractivity contribution is -0.120. The van der Waals surface area contributed by atoms with Crippen LogP contribution in [0.1, 0.15) is 12.8 Å². The molecule has 1 aromatic rings. The first-order valence-electron chi connectivity index (χ1n) is 5.63. The molecule has 0 aromatic carbocycles. The first kappa shape index (κ1) is 13.0. The van der Waals surface area contributed by atoms with E-state index in [0.717, 1.165) is 6.26 Å². The van der Waals surface area contributed by atoms with Gasteiger partial charge in [-0.2, -0.15) is 0 Å². The van der Waals surface area contributed by atoms with Crippen molar-refractivity contribution < 1.29 is 17.7 Å². The lowest BCUT2D eigenvalue weighted by atomic mass is 9.99. The fourth-order valence-corrected chi connectivity index (χ4v) is 2.87. The molecule has 1 aliphatic heterocycles. The number of amides is 1. The van der Waals surface area contributed by atoms with Crippen molar-refractivity contribution in [2.75, 3.05) is 24.7 Å². The maximum atomic E-state index is 11.9. The molecule has 1 N–H and O–H groups in total. The number of nitrogens with one attached hydrogen (secondary N) is 1. The number of anilines is 1. The van der Waals surface area contributed by atoms with Crippen LogP contribution >= 0.6 is 0 Å². The molecule has 100 valence electrons. The molecule has 0 aliphatic carbocycles. The molecule has 7 nitrogen and oxygen atoms in total. The third kappa shape index (κ3) is 3.08. The number of rotatable bonds is 3. The van der Waals surface area contributed by atoms with Gasteiger partial charge in [0.1, 0.15) is 6.26 Å². The van der Waals surface area contributed by atoms with Crippen molar-refractivity contribution in [3.63, 3.8) is 0 Å². The number of piperidine rings is 1. The van der Waals surface area contributed by atoms with Crippen LogP contribution in [0.2, 0.25) is 0 Å². The molecule has 1 aromatic heterocycles. The Morgan fingerprint density at radius 1 is 1.61 bits per heavy atom. The normalized spacial score (nSPS) is 21.7. The van der Waals surface area contributed by atoms with E-state index in [9.17, 15) is 13.2 Å². The minimum atomic E-state index is -3.24. The Balaban J connectivity index is 1.98. The topological polar surface area (TPSA) is 92.5 Å². The van der Waals surface area contributed by atoms with Gasteiger partial charge in [-0.25, -0.2) is 12.7 Å². The van der Waals surface area contributed by atoms with Crippen LogP contribution in [0.4, 0.5) is 5.82 Å². The summed E-state index contributed by atoms with van der Waals surface area (Å²) in [5, 5.41) is 6.18. The van der Waals surface area contributed by atoms with Gasteiger partial charge in [0.25, 0.3) is 0 Å². The van der Waals surface area contributed by atoms with Gasteiger partial charge in [0.2, 0.25) is 15.9 Å². The highest BCUT2D eigenvalue weighted by Crippen LogP contribution is 2.20. The maximum Gasteiger partial charge on any atom is 0.230 e. The molecule has 0 bridgehead atoms. The van der Waals surface area contributed by atoms with E-state index >= 15 is 0 Å². The molecule has 8 heteroatoms. The molecule has 18 heavy (non-hydrogen) atoms. The van der Waals surface area contributed by atoms with E-state index in [1.54, 1.807) is 0 Å². The van der Waals surface area contributed by atoms with E-state index in [2.05, 4.69) is 15.0 Å². The summed E-state index contributed by atoms with van der Waals surface area (Å²) in [4.78, 5) is 11.9. The summed E-state index contributed by atoms with van der Waals surface area (Å²) >= 11 is 0. The quantitative estimate of drug-likeness (QED) is 0.854. The molecule has 1 fully saturated rings. The summed E-state index contributed by atoms with van der Waals surface area (Å²) in [5.41, 5.74) is 0. The first-order chi connectivity index (χ1) is 8.47. The van der Waals surface area contributed by atoms with Crippen LogP contribution in [-0.4, -0.2) is 43.1 Å². The molecule has 1 saturated heterocycles. The zero-order valence-corrected chi connectivity index (χ0v) is 10.8. The number of carbonyl (C=O) groups excluding carboxylic acids is 1. The summed E-state index contributed by atoms with van der Waals surface area (Å²) in [6.07, 6.45) is 3.88. The van der Waals surface area contributed by atoms with Crippen LogP contribution in [0.15, 0.2) is 16.9 Å². The predicted molar refractivity (Wildman–Crippen MR) is 64.3 cm³/mol. The highest BCUT2D eigenvalue weighted by molar-refractivity contribution is 7.88. The molecule has 1 amide bonds. The van der Waals surface area contributed by atoms with E-state index < -0.39 is 10.0 Å². The van der Waals surface area contributed by atoms with E-state index in [0.29, 0.717) is 25.2 Å². The second-order valence-corrected chi connectivity index (χ2v) is 6.32. The van der Waals surface area contributed by atoms with Crippen LogP contribution in [0.3, 0.4) is 0 Å². The Bertz CT molecular complexity index is 511. The second-order valence-electron chi connectivity index (χ2n) is 4.33. The lowest BCUT2D eigenvalue weighted by Crippen LogP contribution is -2.43. The third-order valence-electron chi connectivity index (χ3n) is 2.91. The van der Waals surface area contributed by atoms with Gasteiger partial charge in [-0.1, -0.05) is 5.16 Å². The second kappa shape index (κ2) is 5.07. The highest BCUT2D eigenvalue weighted by atomic mass is 32.2. The highest BCUT2D eigenvalue weighted by Gasteiger charge is 2.30. The van der Waals surface area contributed by atoms with Gasteiger partial charge in [-0.3, -0.25) is 4.79 Å². The zero-order valence-electron chi connectivity index (χ0n) is 10.00. The van der Waals surface area contributed by atoms with Gasteiger partial charge in [0.15, 0.2) is 5.82 Å². The molecular weight excluding hydrogens is 258 g/mol. The summed E-state index contributed by atoms with van der Waals surface area (Å²) < 4.78 is 28.8. The number of hydrogen-bond donors (Lipinski definition) is 1. The molecule has 0 saturated carbocycles. The molecule has 0 unspecified atom stereocenters. The average molecular weight is 273 g/mol. The van der Waals surface area contributed by atoms with Crippen LogP contribution in [0.5, 0.6) is 0 Å². The van der Waals surface area contributed by atoms with Crippen molar-refractivity contribution >= 4 is 21.7 Å². The predicted octanol–water partition coefficient (Wildman–Crippen LogP) is 0.285. The molecule has 0 radical (unpaired) electrons. The van der Waals surface area contributed by atoms with Crippen molar-refractivity contribution in [3.8, 4) is 0 Å². The zero-order chi connectivity index (χ0) is 13.2. The smallest absolute Gasteiger partial charge is 0.230 e. The summed E-state index contributed by atoms with van der Waals surface area (Å²) in [6.45, 7) is 0.703. The van der Waals surface area contributed by atoms with Gasteiger partial charge in [-0.05, 0) is 12.8 Å². The van der Waals surface area contributed by atoms with Crippen LogP contribution < -0.4 is 5.32 Å². The largest absolute Gasteiger partial charge is 0.363 e. The van der Waals surface area contributed by atoms with E-state index in [1.807, 2.05) is 0 Å². The van der Waals surface area contributed by atoms with Crippen LogP contribution in [0.25, 0.3) is 0 Å². The Hall–Kier alpha value is -1.41. The minimum Gasteiger partial charge on any atom is -0.363 e. The molecule has 2 rings (SSSR count). The number of nitrogens with zero attached hydrogens (tertiary/aromatic N) is 2. The molecule has 2 heterocycles. The molecular formula is C10H15N3O4S. The fourth-order valence-electron chi connectivity index (χ4n) is 1.96. The molecule has 0 spiro atoms. The van der Waals surface area contributed by atoms with Gasteiger partial charge in [0.05, 0.1) is 12.2 Å². The number of hydrogen-bond acceptors (Lipinski definition) is 5.